The highest BCUT2D eigenvalue weighted by molar-refractivity contribution is 5.97. The monoisotopic (exact) mass is 239 g/mol. The molecule has 17 heavy (non-hydrogen) atoms. The Morgan fingerprint density at radius 3 is 2.65 bits per heavy atom. The van der Waals surface area contributed by atoms with Gasteiger partial charge in [0.05, 0.1) is 25.3 Å². The van der Waals surface area contributed by atoms with Crippen molar-refractivity contribution in [2.24, 2.45) is 0 Å². The number of benzene rings is 1. The van der Waals surface area contributed by atoms with Crippen molar-refractivity contribution < 1.29 is 19.7 Å². The van der Waals surface area contributed by atoms with Crippen molar-refractivity contribution in [2.45, 2.75) is 13.0 Å². The molecular formula is C12H17NO4. The molecule has 0 aliphatic rings. The summed E-state index contributed by atoms with van der Waals surface area (Å²) in [7, 11) is 3.06. The molecule has 0 aromatic heterocycles. The molecule has 0 saturated carbocycles. The molecule has 94 valence electrons. The van der Waals surface area contributed by atoms with Crippen LogP contribution in [0.2, 0.25) is 0 Å². The number of methoxy groups -OCH3 is 1. The molecule has 1 rings (SSSR count). The third-order valence-electron chi connectivity index (χ3n) is 2.68. The summed E-state index contributed by atoms with van der Waals surface area (Å²) in [4.78, 5) is 13.4. The first-order chi connectivity index (χ1) is 8.01. The summed E-state index contributed by atoms with van der Waals surface area (Å²) in [6.45, 7) is 1.59. The topological polar surface area (TPSA) is 70.0 Å². The van der Waals surface area contributed by atoms with Crippen LogP contribution in [-0.4, -0.2) is 47.8 Å². The number of likely N-dealkylation sites (N-methyl/N-ethyl adjacent to an activating group) is 1. The van der Waals surface area contributed by atoms with Crippen molar-refractivity contribution >= 4 is 5.91 Å². The van der Waals surface area contributed by atoms with E-state index in [1.807, 2.05) is 0 Å². The van der Waals surface area contributed by atoms with Crippen LogP contribution in [0.4, 0.5) is 0 Å². The van der Waals surface area contributed by atoms with Crippen LogP contribution in [0.25, 0.3) is 0 Å². The number of aliphatic hydroxyl groups excluding tert-OH is 1. The minimum atomic E-state index is -0.341. The molecule has 1 aromatic carbocycles. The third-order valence-corrected chi connectivity index (χ3v) is 2.68. The number of aromatic hydroxyl groups is 1. The van der Waals surface area contributed by atoms with E-state index in [0.29, 0.717) is 5.75 Å². The van der Waals surface area contributed by atoms with E-state index in [4.69, 9.17) is 9.84 Å². The fourth-order valence-corrected chi connectivity index (χ4v) is 1.33. The Kier molecular flexibility index (Phi) is 4.34. The van der Waals surface area contributed by atoms with Crippen LogP contribution in [-0.2, 0) is 0 Å². The normalized spacial score (nSPS) is 12.0. The highest BCUT2D eigenvalue weighted by atomic mass is 16.5. The Morgan fingerprint density at radius 1 is 1.53 bits per heavy atom. The number of nitrogens with zero attached hydrogens (tertiary/aromatic N) is 1. The maximum Gasteiger partial charge on any atom is 0.257 e. The van der Waals surface area contributed by atoms with Crippen LogP contribution >= 0.6 is 0 Å². The van der Waals surface area contributed by atoms with E-state index >= 15 is 0 Å². The van der Waals surface area contributed by atoms with Gasteiger partial charge in [-0.2, -0.15) is 0 Å². The van der Waals surface area contributed by atoms with E-state index in [2.05, 4.69) is 0 Å². The number of aliphatic hydroxyl groups is 1. The van der Waals surface area contributed by atoms with Gasteiger partial charge in [0.1, 0.15) is 11.5 Å². The number of phenols is 1. The number of phenolic OH excluding ortho intramolecular Hbond substituents is 1. The molecule has 1 aromatic rings. The molecule has 5 nitrogen and oxygen atoms in total. The van der Waals surface area contributed by atoms with Crippen LogP contribution in [0.5, 0.6) is 11.5 Å². The molecule has 0 aliphatic heterocycles. The zero-order valence-electron chi connectivity index (χ0n) is 10.2. The average molecular weight is 239 g/mol. The molecule has 1 atom stereocenters. The molecule has 0 saturated heterocycles. The second-order valence-electron chi connectivity index (χ2n) is 3.83. The number of rotatable bonds is 4. The van der Waals surface area contributed by atoms with Gasteiger partial charge >= 0.3 is 0 Å². The lowest BCUT2D eigenvalue weighted by Gasteiger charge is -2.23. The number of ether oxygens (including phenoxy) is 1. The second-order valence-corrected chi connectivity index (χ2v) is 3.83. The summed E-state index contributed by atoms with van der Waals surface area (Å²) in [6.07, 6.45) is 0. The maximum atomic E-state index is 12.0. The van der Waals surface area contributed by atoms with Crippen LogP contribution < -0.4 is 4.74 Å². The van der Waals surface area contributed by atoms with Crippen LogP contribution in [0, 0.1) is 0 Å². The average Bonchev–Trinajstić information content (AvgIpc) is 2.35. The molecular weight excluding hydrogens is 222 g/mol. The van der Waals surface area contributed by atoms with Gasteiger partial charge in [-0.3, -0.25) is 4.79 Å². The quantitative estimate of drug-likeness (QED) is 0.817. The highest BCUT2D eigenvalue weighted by Gasteiger charge is 2.19. The molecule has 0 bridgehead atoms. The van der Waals surface area contributed by atoms with Crippen molar-refractivity contribution in [1.82, 2.24) is 4.90 Å². The Labute approximate surface area is 100 Å². The minimum absolute atomic E-state index is 0.126. The standard InChI is InChI=1S/C12H17NO4/c1-8(7-14)13(2)12(16)10-5-4-9(17-3)6-11(10)15/h4-6,8,14-15H,7H2,1-3H3. The fraction of sp³-hybridized carbons (Fsp3) is 0.417. The number of carbonyl (C=O) groups excluding carboxylic acids is 1. The first-order valence-electron chi connectivity index (χ1n) is 5.26. The van der Waals surface area contributed by atoms with Gasteiger partial charge in [-0.25, -0.2) is 0 Å². The zero-order chi connectivity index (χ0) is 13.0. The van der Waals surface area contributed by atoms with Gasteiger partial charge < -0.3 is 19.8 Å². The van der Waals surface area contributed by atoms with Crippen molar-refractivity contribution in [3.05, 3.63) is 23.8 Å². The molecule has 0 heterocycles. The van der Waals surface area contributed by atoms with Gasteiger partial charge in [0.25, 0.3) is 5.91 Å². The van der Waals surface area contributed by atoms with Crippen LogP contribution in [0.3, 0.4) is 0 Å². The Morgan fingerprint density at radius 2 is 2.18 bits per heavy atom. The molecule has 1 unspecified atom stereocenters. The fourth-order valence-electron chi connectivity index (χ4n) is 1.33. The van der Waals surface area contributed by atoms with Gasteiger partial charge in [0.2, 0.25) is 0 Å². The van der Waals surface area contributed by atoms with Crippen molar-refractivity contribution in [1.29, 1.82) is 0 Å². The Balaban J connectivity index is 2.96. The molecule has 5 heteroatoms. The minimum Gasteiger partial charge on any atom is -0.507 e. The van der Waals surface area contributed by atoms with Crippen LogP contribution in [0.1, 0.15) is 17.3 Å². The summed E-state index contributed by atoms with van der Waals surface area (Å²) in [5.74, 6) is 0.00922. The highest BCUT2D eigenvalue weighted by Crippen LogP contribution is 2.24. The summed E-state index contributed by atoms with van der Waals surface area (Å²) in [5.41, 5.74) is 0.189. The Hall–Kier alpha value is -1.75. The lowest BCUT2D eigenvalue weighted by Crippen LogP contribution is -2.37. The smallest absolute Gasteiger partial charge is 0.257 e. The Bertz CT molecular complexity index is 405. The van der Waals surface area contributed by atoms with Gasteiger partial charge in [-0.1, -0.05) is 0 Å². The largest absolute Gasteiger partial charge is 0.507 e. The van der Waals surface area contributed by atoms with E-state index in [0.717, 1.165) is 0 Å². The van der Waals surface area contributed by atoms with Gasteiger partial charge in [0, 0.05) is 13.1 Å². The van der Waals surface area contributed by atoms with Crippen molar-refractivity contribution in [2.75, 3.05) is 20.8 Å². The number of hydrogen-bond acceptors (Lipinski definition) is 4. The molecule has 2 N–H and O–H groups in total. The van der Waals surface area contributed by atoms with Crippen molar-refractivity contribution in [3.8, 4) is 11.5 Å². The number of amides is 1. The van der Waals surface area contributed by atoms with Gasteiger partial charge in [0.15, 0.2) is 0 Å². The summed E-state index contributed by atoms with van der Waals surface area (Å²) >= 11 is 0. The summed E-state index contributed by atoms with van der Waals surface area (Å²) in [5, 5.41) is 18.7. The van der Waals surface area contributed by atoms with E-state index in [1.165, 1.54) is 24.1 Å². The molecule has 0 spiro atoms. The number of carbonyl (C=O) groups is 1. The summed E-state index contributed by atoms with van der Waals surface area (Å²) < 4.78 is 4.93. The second kappa shape index (κ2) is 5.54. The zero-order valence-corrected chi connectivity index (χ0v) is 10.2. The third kappa shape index (κ3) is 2.88. The molecule has 0 fully saturated rings. The molecule has 1 amide bonds. The predicted octanol–water partition coefficient (Wildman–Crippen LogP) is 0.854. The first kappa shape index (κ1) is 13.3. The SMILES string of the molecule is COc1ccc(C(=O)N(C)C(C)CO)c(O)c1. The van der Waals surface area contributed by atoms with E-state index in [-0.39, 0.29) is 29.9 Å². The van der Waals surface area contributed by atoms with Gasteiger partial charge in [-0.15, -0.1) is 0 Å². The van der Waals surface area contributed by atoms with E-state index in [1.54, 1.807) is 20.0 Å². The summed E-state index contributed by atoms with van der Waals surface area (Å²) in [6, 6.07) is 4.18. The van der Waals surface area contributed by atoms with Crippen LogP contribution in [0.15, 0.2) is 18.2 Å². The predicted molar refractivity (Wildman–Crippen MR) is 63.3 cm³/mol. The van der Waals surface area contributed by atoms with Gasteiger partial charge in [-0.05, 0) is 19.1 Å². The lowest BCUT2D eigenvalue weighted by atomic mass is 10.1. The maximum absolute atomic E-state index is 12.0. The molecule has 0 radical (unpaired) electrons. The van der Waals surface area contributed by atoms with E-state index in [9.17, 15) is 9.90 Å². The van der Waals surface area contributed by atoms with E-state index < -0.39 is 0 Å². The lowest BCUT2D eigenvalue weighted by molar-refractivity contribution is 0.0679. The number of hydrogen-bond donors (Lipinski definition) is 2. The molecule has 0 aliphatic carbocycles. The first-order valence-corrected chi connectivity index (χ1v) is 5.26. The van der Waals surface area contributed by atoms with Crippen molar-refractivity contribution in [3.63, 3.8) is 0 Å².